The molecule has 3 heterocycles. The maximum atomic E-state index is 12.6. The van der Waals surface area contributed by atoms with Gasteiger partial charge in [0.25, 0.3) is 0 Å². The molecule has 1 aromatic rings. The van der Waals surface area contributed by atoms with Crippen LogP contribution in [0.4, 0.5) is 18.0 Å². The highest BCUT2D eigenvalue weighted by molar-refractivity contribution is 7.80. The largest absolute Gasteiger partial charge is 0.419 e. The number of halogens is 3. The molecule has 0 aliphatic carbocycles. The molecule has 126 valence electrons. The lowest BCUT2D eigenvalue weighted by molar-refractivity contribution is -0.137. The van der Waals surface area contributed by atoms with Crippen molar-refractivity contribution < 1.29 is 35.2 Å². The standard InChI is InChI=1S/C10H9F3N4O5S/c11-10(12,13)6-2-14-16(3-6)7-1-8-5-15(4-7)9(18)17(8)22-23(19,20)21/h1-3,8H,4-5H2,(H,19,20,21). The Morgan fingerprint density at radius 3 is 2.65 bits per heavy atom. The van der Waals surface area contributed by atoms with Crippen LogP contribution in [0.3, 0.4) is 0 Å². The number of hydrogen-bond acceptors (Lipinski definition) is 5. The first-order chi connectivity index (χ1) is 10.5. The van der Waals surface area contributed by atoms with Crippen molar-refractivity contribution in [2.75, 3.05) is 13.1 Å². The molecule has 9 nitrogen and oxygen atoms in total. The van der Waals surface area contributed by atoms with Crippen LogP contribution < -0.4 is 0 Å². The molecule has 1 fully saturated rings. The van der Waals surface area contributed by atoms with Gasteiger partial charge in [-0.25, -0.2) is 9.48 Å². The number of fused-ring (bicyclic) bond motifs is 2. The minimum Gasteiger partial charge on any atom is -0.314 e. The Morgan fingerprint density at radius 1 is 1.39 bits per heavy atom. The van der Waals surface area contributed by atoms with Gasteiger partial charge in [0.1, 0.15) is 6.04 Å². The van der Waals surface area contributed by atoms with Crippen LogP contribution >= 0.6 is 0 Å². The third kappa shape index (κ3) is 3.02. The maximum absolute atomic E-state index is 12.6. The van der Waals surface area contributed by atoms with Crippen LogP contribution in [0.25, 0.3) is 5.70 Å². The predicted octanol–water partition coefficient (Wildman–Crippen LogP) is 0.597. The summed E-state index contributed by atoms with van der Waals surface area (Å²) in [6.45, 7) is -0.00903. The van der Waals surface area contributed by atoms with Crippen LogP contribution in [0.15, 0.2) is 18.5 Å². The van der Waals surface area contributed by atoms with Gasteiger partial charge in [-0.1, -0.05) is 0 Å². The molecule has 13 heteroatoms. The Bertz CT molecular complexity index is 787. The first-order valence-corrected chi connectivity index (χ1v) is 7.49. The lowest BCUT2D eigenvalue weighted by Crippen LogP contribution is -2.35. The van der Waals surface area contributed by atoms with E-state index < -0.39 is 34.2 Å². The van der Waals surface area contributed by atoms with E-state index >= 15 is 0 Å². The Labute approximate surface area is 127 Å². The van der Waals surface area contributed by atoms with E-state index in [2.05, 4.69) is 9.38 Å². The number of amides is 2. The molecule has 1 atom stereocenters. The maximum Gasteiger partial charge on any atom is 0.419 e. The van der Waals surface area contributed by atoms with Crippen molar-refractivity contribution in [3.05, 3.63) is 24.0 Å². The van der Waals surface area contributed by atoms with E-state index in [1.54, 1.807) is 0 Å². The van der Waals surface area contributed by atoms with Crippen LogP contribution in [0.5, 0.6) is 0 Å². The number of nitrogens with zero attached hydrogens (tertiary/aromatic N) is 4. The molecule has 0 saturated carbocycles. The number of hydroxylamine groups is 2. The smallest absolute Gasteiger partial charge is 0.314 e. The summed E-state index contributed by atoms with van der Waals surface area (Å²) in [4.78, 5) is 13.1. The zero-order valence-electron chi connectivity index (χ0n) is 11.1. The second-order valence-corrected chi connectivity index (χ2v) is 5.89. The number of urea groups is 1. The summed E-state index contributed by atoms with van der Waals surface area (Å²) in [7, 11) is -4.90. The van der Waals surface area contributed by atoms with Gasteiger partial charge in [0.05, 0.1) is 24.0 Å². The van der Waals surface area contributed by atoms with Crippen molar-refractivity contribution in [1.82, 2.24) is 19.7 Å². The minimum atomic E-state index is -4.90. The van der Waals surface area contributed by atoms with Gasteiger partial charge >= 0.3 is 22.6 Å². The Balaban J connectivity index is 1.88. The molecular formula is C10H9F3N4O5S. The van der Waals surface area contributed by atoms with Crippen molar-refractivity contribution in [3.63, 3.8) is 0 Å². The Kier molecular flexibility index (Phi) is 3.38. The highest BCUT2D eigenvalue weighted by atomic mass is 32.3. The third-order valence-corrected chi connectivity index (χ3v) is 3.63. The monoisotopic (exact) mass is 354 g/mol. The topological polar surface area (TPSA) is 105 Å². The zero-order valence-corrected chi connectivity index (χ0v) is 12.0. The van der Waals surface area contributed by atoms with Gasteiger partial charge in [0.2, 0.25) is 0 Å². The summed E-state index contributed by atoms with van der Waals surface area (Å²) >= 11 is 0. The van der Waals surface area contributed by atoms with E-state index in [0.717, 1.165) is 15.8 Å². The number of alkyl halides is 3. The van der Waals surface area contributed by atoms with E-state index in [0.29, 0.717) is 11.3 Å². The van der Waals surface area contributed by atoms with Crippen LogP contribution in [0.1, 0.15) is 5.56 Å². The van der Waals surface area contributed by atoms with E-state index in [-0.39, 0.29) is 18.8 Å². The van der Waals surface area contributed by atoms with Crippen LogP contribution in [0.2, 0.25) is 0 Å². The Morgan fingerprint density at radius 2 is 2.09 bits per heavy atom. The second kappa shape index (κ2) is 4.94. The van der Waals surface area contributed by atoms with Gasteiger partial charge in [-0.15, -0.1) is 4.28 Å². The van der Waals surface area contributed by atoms with Gasteiger partial charge in [0, 0.05) is 12.7 Å². The molecule has 3 rings (SSSR count). The molecule has 1 N–H and O–H groups in total. The number of rotatable bonds is 3. The molecule has 23 heavy (non-hydrogen) atoms. The molecule has 0 aromatic carbocycles. The quantitative estimate of drug-likeness (QED) is 0.797. The van der Waals surface area contributed by atoms with Crippen molar-refractivity contribution in [2.45, 2.75) is 12.2 Å². The van der Waals surface area contributed by atoms with Crippen LogP contribution in [0, 0.1) is 0 Å². The highest BCUT2D eigenvalue weighted by Gasteiger charge is 2.43. The lowest BCUT2D eigenvalue weighted by atomic mass is 10.2. The zero-order chi connectivity index (χ0) is 17.0. The molecular weight excluding hydrogens is 345 g/mol. The number of carbonyl (C=O) groups is 1. The summed E-state index contributed by atoms with van der Waals surface area (Å²) < 4.78 is 73.0. The average Bonchev–Trinajstić information content (AvgIpc) is 2.98. The predicted molar refractivity (Wildman–Crippen MR) is 66.7 cm³/mol. The van der Waals surface area contributed by atoms with E-state index in [1.807, 2.05) is 0 Å². The molecule has 1 unspecified atom stereocenters. The summed E-state index contributed by atoms with van der Waals surface area (Å²) in [5.41, 5.74) is -0.713. The first-order valence-electron chi connectivity index (χ1n) is 6.13. The molecule has 1 saturated heterocycles. The van der Waals surface area contributed by atoms with E-state index in [1.165, 1.54) is 6.08 Å². The fourth-order valence-electron chi connectivity index (χ4n) is 2.35. The van der Waals surface area contributed by atoms with Gasteiger partial charge in [-0.3, -0.25) is 4.55 Å². The van der Waals surface area contributed by atoms with E-state index in [9.17, 15) is 26.4 Å². The SMILES string of the molecule is O=C1N2CC(n3cc(C(F)(F)F)cn3)=CC(C2)N1OS(=O)(=O)O. The first kappa shape index (κ1) is 15.8. The van der Waals surface area contributed by atoms with Crippen LogP contribution in [-0.2, 0) is 20.9 Å². The number of aromatic nitrogens is 2. The van der Waals surface area contributed by atoms with Crippen molar-refractivity contribution in [3.8, 4) is 0 Å². The highest BCUT2D eigenvalue weighted by Crippen LogP contribution is 2.31. The summed E-state index contributed by atoms with van der Waals surface area (Å²) in [6, 6.07) is -1.71. The minimum absolute atomic E-state index is 0.0747. The van der Waals surface area contributed by atoms with E-state index in [4.69, 9.17) is 4.55 Å². The molecule has 2 amide bonds. The van der Waals surface area contributed by atoms with Gasteiger partial charge < -0.3 is 4.90 Å². The fourth-order valence-corrected chi connectivity index (χ4v) is 2.72. The van der Waals surface area contributed by atoms with Crippen molar-refractivity contribution >= 4 is 22.1 Å². The van der Waals surface area contributed by atoms with Crippen molar-refractivity contribution in [2.24, 2.45) is 0 Å². The fraction of sp³-hybridized carbons (Fsp3) is 0.400. The molecule has 2 aliphatic rings. The second-order valence-electron chi connectivity index (χ2n) is 4.89. The van der Waals surface area contributed by atoms with Crippen molar-refractivity contribution in [1.29, 1.82) is 0 Å². The molecule has 2 bridgehead atoms. The normalized spacial score (nSPS) is 21.8. The van der Waals surface area contributed by atoms with Gasteiger partial charge in [-0.2, -0.15) is 31.8 Å². The number of hydrogen-bond donors (Lipinski definition) is 1. The summed E-state index contributed by atoms with van der Waals surface area (Å²) in [5, 5.41) is 4.03. The van der Waals surface area contributed by atoms with Gasteiger partial charge in [0.15, 0.2) is 0 Å². The number of carbonyl (C=O) groups excluding carboxylic acids is 1. The Hall–Kier alpha value is -2.12. The van der Waals surface area contributed by atoms with Gasteiger partial charge in [-0.05, 0) is 6.08 Å². The lowest BCUT2D eigenvalue weighted by Gasteiger charge is -2.21. The average molecular weight is 354 g/mol. The molecule has 2 aliphatic heterocycles. The molecule has 0 radical (unpaired) electrons. The third-order valence-electron chi connectivity index (χ3n) is 3.28. The van der Waals surface area contributed by atoms with Crippen LogP contribution in [-0.4, -0.2) is 57.9 Å². The molecule has 0 spiro atoms. The molecule has 1 aromatic heterocycles. The summed E-state index contributed by atoms with van der Waals surface area (Å²) in [6.07, 6.45) is -1.81. The summed E-state index contributed by atoms with van der Waals surface area (Å²) in [5.74, 6) is 0.